The van der Waals surface area contributed by atoms with Crippen molar-refractivity contribution in [1.29, 1.82) is 0 Å². The topological polar surface area (TPSA) is 101 Å². The number of amides is 1. The fraction of sp³-hybridized carbons (Fsp3) is 0.400. The SMILES string of the molecule is CS(=O)(=O)N1CCCN(C(=O)/C=C/c2ccccc2[N+](=O)[O-])CC1. The molecule has 1 fully saturated rings. The average molecular weight is 353 g/mol. The summed E-state index contributed by atoms with van der Waals surface area (Å²) < 4.78 is 24.5. The van der Waals surface area contributed by atoms with Gasteiger partial charge in [0.25, 0.3) is 5.69 Å². The van der Waals surface area contributed by atoms with Crippen molar-refractivity contribution in [2.75, 3.05) is 32.4 Å². The summed E-state index contributed by atoms with van der Waals surface area (Å²) in [6, 6.07) is 6.16. The molecule has 9 heteroatoms. The van der Waals surface area contributed by atoms with Gasteiger partial charge in [0.1, 0.15) is 0 Å². The van der Waals surface area contributed by atoms with Crippen molar-refractivity contribution in [2.24, 2.45) is 0 Å². The predicted molar refractivity (Wildman–Crippen MR) is 89.7 cm³/mol. The number of para-hydroxylation sites is 1. The zero-order valence-electron chi connectivity index (χ0n) is 13.3. The third-order valence-electron chi connectivity index (χ3n) is 3.77. The van der Waals surface area contributed by atoms with E-state index in [1.54, 1.807) is 23.1 Å². The summed E-state index contributed by atoms with van der Waals surface area (Å²) in [5, 5.41) is 11.0. The second-order valence-corrected chi connectivity index (χ2v) is 7.47. The van der Waals surface area contributed by atoms with Gasteiger partial charge in [-0.1, -0.05) is 12.1 Å². The number of benzene rings is 1. The Morgan fingerprint density at radius 2 is 1.92 bits per heavy atom. The number of carbonyl (C=O) groups is 1. The van der Waals surface area contributed by atoms with Crippen molar-refractivity contribution in [1.82, 2.24) is 9.21 Å². The second kappa shape index (κ2) is 7.54. The van der Waals surface area contributed by atoms with Crippen molar-refractivity contribution in [2.45, 2.75) is 6.42 Å². The van der Waals surface area contributed by atoms with Crippen molar-refractivity contribution >= 4 is 27.7 Å². The van der Waals surface area contributed by atoms with Gasteiger partial charge in [-0.05, 0) is 18.6 Å². The van der Waals surface area contributed by atoms with Crippen molar-refractivity contribution in [3.63, 3.8) is 0 Å². The molecule has 1 aliphatic rings. The Balaban J connectivity index is 2.06. The smallest absolute Gasteiger partial charge is 0.276 e. The summed E-state index contributed by atoms with van der Waals surface area (Å²) in [7, 11) is -3.27. The first kappa shape index (κ1) is 18.1. The van der Waals surface area contributed by atoms with Crippen LogP contribution in [0.4, 0.5) is 5.69 Å². The third-order valence-corrected chi connectivity index (χ3v) is 5.08. The lowest BCUT2D eigenvalue weighted by molar-refractivity contribution is -0.385. The first-order valence-electron chi connectivity index (χ1n) is 7.44. The van der Waals surface area contributed by atoms with E-state index < -0.39 is 14.9 Å². The zero-order valence-corrected chi connectivity index (χ0v) is 14.1. The largest absolute Gasteiger partial charge is 0.338 e. The molecule has 0 saturated carbocycles. The third kappa shape index (κ3) is 4.62. The van der Waals surface area contributed by atoms with Gasteiger partial charge in [-0.25, -0.2) is 12.7 Å². The minimum absolute atomic E-state index is 0.0688. The molecule has 0 aromatic heterocycles. The van der Waals surface area contributed by atoms with Crippen LogP contribution >= 0.6 is 0 Å². The molecular weight excluding hydrogens is 334 g/mol. The van der Waals surface area contributed by atoms with Crippen LogP contribution in [0.5, 0.6) is 0 Å². The van der Waals surface area contributed by atoms with E-state index in [1.807, 2.05) is 0 Å². The predicted octanol–water partition coefficient (Wildman–Crippen LogP) is 1.10. The van der Waals surface area contributed by atoms with Crippen molar-refractivity contribution in [3.8, 4) is 0 Å². The highest BCUT2D eigenvalue weighted by Gasteiger charge is 2.23. The van der Waals surface area contributed by atoms with E-state index in [-0.39, 0.29) is 18.1 Å². The second-order valence-electron chi connectivity index (χ2n) is 5.49. The highest BCUT2D eigenvalue weighted by atomic mass is 32.2. The van der Waals surface area contributed by atoms with Gasteiger partial charge in [-0.2, -0.15) is 0 Å². The van der Waals surface area contributed by atoms with E-state index in [2.05, 4.69) is 0 Å². The maximum Gasteiger partial charge on any atom is 0.276 e. The summed E-state index contributed by atoms with van der Waals surface area (Å²) in [5.41, 5.74) is 0.282. The Morgan fingerprint density at radius 1 is 1.21 bits per heavy atom. The Bertz CT molecular complexity index is 760. The summed E-state index contributed by atoms with van der Waals surface area (Å²) in [5.74, 6) is -0.288. The average Bonchev–Trinajstić information content (AvgIpc) is 2.78. The number of hydrogen-bond acceptors (Lipinski definition) is 5. The molecule has 130 valence electrons. The minimum Gasteiger partial charge on any atom is -0.338 e. The number of rotatable bonds is 4. The summed E-state index contributed by atoms with van der Waals surface area (Å²) >= 11 is 0. The Kier molecular flexibility index (Phi) is 5.68. The summed E-state index contributed by atoms with van der Waals surface area (Å²) in [4.78, 5) is 24.3. The van der Waals surface area contributed by atoms with Crippen LogP contribution in [0.15, 0.2) is 30.3 Å². The molecule has 2 rings (SSSR count). The summed E-state index contributed by atoms with van der Waals surface area (Å²) in [6.07, 6.45) is 4.41. The monoisotopic (exact) mass is 353 g/mol. The number of nitro benzene ring substituents is 1. The highest BCUT2D eigenvalue weighted by Crippen LogP contribution is 2.19. The van der Waals surface area contributed by atoms with Gasteiger partial charge in [0, 0.05) is 38.3 Å². The highest BCUT2D eigenvalue weighted by molar-refractivity contribution is 7.88. The van der Waals surface area contributed by atoms with Gasteiger partial charge in [0.15, 0.2) is 0 Å². The summed E-state index contributed by atoms with van der Waals surface area (Å²) in [6.45, 7) is 1.39. The van der Waals surface area contributed by atoms with Gasteiger partial charge in [-0.3, -0.25) is 14.9 Å². The molecule has 0 atom stereocenters. The molecule has 8 nitrogen and oxygen atoms in total. The molecule has 0 N–H and O–H groups in total. The zero-order chi connectivity index (χ0) is 17.7. The lowest BCUT2D eigenvalue weighted by atomic mass is 10.1. The van der Waals surface area contributed by atoms with E-state index in [0.717, 1.165) is 6.26 Å². The fourth-order valence-electron chi connectivity index (χ4n) is 2.51. The molecule has 1 heterocycles. The molecule has 0 unspecified atom stereocenters. The minimum atomic E-state index is -3.27. The Labute approximate surface area is 140 Å². The number of sulfonamides is 1. The van der Waals surface area contributed by atoms with Crippen LogP contribution in [-0.2, 0) is 14.8 Å². The molecule has 0 spiro atoms. The number of carbonyl (C=O) groups excluding carboxylic acids is 1. The van der Waals surface area contributed by atoms with E-state index >= 15 is 0 Å². The van der Waals surface area contributed by atoms with Gasteiger partial charge in [0.05, 0.1) is 16.7 Å². The normalized spacial score (nSPS) is 17.0. The first-order chi connectivity index (χ1) is 11.3. The lowest BCUT2D eigenvalue weighted by Crippen LogP contribution is -2.36. The van der Waals surface area contributed by atoms with Crippen LogP contribution in [0, 0.1) is 10.1 Å². The molecule has 1 amide bonds. The van der Waals surface area contributed by atoms with Gasteiger partial charge in [-0.15, -0.1) is 0 Å². The maximum atomic E-state index is 12.3. The van der Waals surface area contributed by atoms with Crippen LogP contribution in [0.2, 0.25) is 0 Å². The lowest BCUT2D eigenvalue weighted by Gasteiger charge is -2.19. The fourth-order valence-corrected chi connectivity index (χ4v) is 3.38. The molecule has 0 radical (unpaired) electrons. The molecule has 1 saturated heterocycles. The van der Waals surface area contributed by atoms with Crippen molar-refractivity contribution in [3.05, 3.63) is 46.0 Å². The van der Waals surface area contributed by atoms with E-state index in [9.17, 15) is 23.3 Å². The molecule has 0 bridgehead atoms. The first-order valence-corrected chi connectivity index (χ1v) is 9.29. The van der Waals surface area contributed by atoms with Crippen LogP contribution < -0.4 is 0 Å². The number of hydrogen-bond donors (Lipinski definition) is 0. The maximum absolute atomic E-state index is 12.3. The molecule has 1 aliphatic heterocycles. The van der Waals surface area contributed by atoms with Gasteiger partial charge >= 0.3 is 0 Å². The van der Waals surface area contributed by atoms with E-state index in [0.29, 0.717) is 31.6 Å². The molecular formula is C15H19N3O5S. The molecule has 1 aromatic rings. The standard InChI is InChI=1S/C15H19N3O5S/c1-24(22,23)17-10-4-9-16(11-12-17)15(19)8-7-13-5-2-3-6-14(13)18(20)21/h2-3,5-8H,4,9-12H2,1H3/b8-7+. The Hall–Kier alpha value is -2.26. The number of nitrogens with zero attached hydrogens (tertiary/aromatic N) is 3. The van der Waals surface area contributed by atoms with Crippen LogP contribution in [0.25, 0.3) is 6.08 Å². The number of nitro groups is 1. The quantitative estimate of drug-likeness (QED) is 0.458. The molecule has 1 aromatic carbocycles. The van der Waals surface area contributed by atoms with E-state index in [1.165, 1.54) is 22.5 Å². The Morgan fingerprint density at radius 3 is 2.58 bits per heavy atom. The van der Waals surface area contributed by atoms with Gasteiger partial charge < -0.3 is 4.90 Å². The van der Waals surface area contributed by atoms with Crippen LogP contribution in [0.1, 0.15) is 12.0 Å². The molecule has 24 heavy (non-hydrogen) atoms. The van der Waals surface area contributed by atoms with Crippen LogP contribution in [0.3, 0.4) is 0 Å². The molecule has 0 aliphatic carbocycles. The van der Waals surface area contributed by atoms with E-state index in [4.69, 9.17) is 0 Å². The van der Waals surface area contributed by atoms with Gasteiger partial charge in [0.2, 0.25) is 15.9 Å². The van der Waals surface area contributed by atoms with Crippen LogP contribution in [-0.4, -0.2) is 60.9 Å². The van der Waals surface area contributed by atoms with Crippen molar-refractivity contribution < 1.29 is 18.1 Å².